The van der Waals surface area contributed by atoms with Crippen LogP contribution in [0, 0.1) is 11.6 Å². The molecule has 2 amide bonds. The molecule has 4 rings (SSSR count). The normalized spacial score (nSPS) is 20.9. The van der Waals surface area contributed by atoms with E-state index in [9.17, 15) is 18.4 Å². The Morgan fingerprint density at radius 2 is 1.56 bits per heavy atom. The van der Waals surface area contributed by atoms with E-state index in [2.05, 4.69) is 29.4 Å². The number of carbonyl (C=O) groups is 2. The number of carbonyl (C=O) groups excluding carboxylic acids is 2. The lowest BCUT2D eigenvalue weighted by atomic mass is 10.1. The van der Waals surface area contributed by atoms with Crippen LogP contribution in [0.4, 0.5) is 8.78 Å². The van der Waals surface area contributed by atoms with Gasteiger partial charge in [0.2, 0.25) is 5.91 Å². The van der Waals surface area contributed by atoms with Gasteiger partial charge in [-0.15, -0.1) is 0 Å². The highest BCUT2D eigenvalue weighted by molar-refractivity contribution is 5.97. The van der Waals surface area contributed by atoms with Gasteiger partial charge in [-0.1, -0.05) is 12.1 Å². The van der Waals surface area contributed by atoms with Crippen molar-refractivity contribution in [2.75, 3.05) is 32.7 Å². The number of rotatable bonds is 10. The first kappa shape index (κ1) is 26.2. The van der Waals surface area contributed by atoms with Crippen LogP contribution in [-0.4, -0.2) is 72.5 Å². The fraction of sp³-hybridized carbons (Fsp3) is 0.500. The highest BCUT2D eigenvalue weighted by Crippen LogP contribution is 2.40. The zero-order chi connectivity index (χ0) is 25.7. The molecule has 1 heterocycles. The fourth-order valence-corrected chi connectivity index (χ4v) is 4.87. The molecule has 8 heteroatoms. The molecule has 1 aliphatic carbocycles. The van der Waals surface area contributed by atoms with Crippen molar-refractivity contribution in [3.8, 4) is 0 Å². The smallest absolute Gasteiger partial charge is 0.251 e. The summed E-state index contributed by atoms with van der Waals surface area (Å²) in [6.07, 6.45) is 2.24. The van der Waals surface area contributed by atoms with E-state index in [-0.39, 0.29) is 17.6 Å². The van der Waals surface area contributed by atoms with Crippen LogP contribution in [0.25, 0.3) is 0 Å². The number of nitrogens with one attached hydrogen (secondary N) is 2. The Bertz CT molecular complexity index is 1020. The van der Waals surface area contributed by atoms with Crippen molar-refractivity contribution in [3.63, 3.8) is 0 Å². The number of benzene rings is 2. The predicted octanol–water partition coefficient (Wildman–Crippen LogP) is 3.54. The van der Waals surface area contributed by atoms with E-state index >= 15 is 0 Å². The van der Waals surface area contributed by atoms with Gasteiger partial charge in [-0.25, -0.2) is 8.78 Å². The molecule has 3 atom stereocenters. The fourth-order valence-electron chi connectivity index (χ4n) is 4.87. The van der Waals surface area contributed by atoms with E-state index in [1.807, 2.05) is 17.0 Å². The summed E-state index contributed by atoms with van der Waals surface area (Å²) >= 11 is 0. The van der Waals surface area contributed by atoms with Crippen LogP contribution in [-0.2, 0) is 4.79 Å². The number of hydrogen-bond acceptors (Lipinski definition) is 4. The van der Waals surface area contributed by atoms with E-state index in [1.54, 1.807) is 0 Å². The van der Waals surface area contributed by atoms with Crippen molar-refractivity contribution < 1.29 is 18.4 Å². The highest BCUT2D eigenvalue weighted by Gasteiger charge is 2.37. The average molecular weight is 499 g/mol. The Kier molecular flexibility index (Phi) is 8.69. The monoisotopic (exact) mass is 498 g/mol. The molecular weight excluding hydrogens is 462 g/mol. The SMILES string of the molecule is CC(C)N1CCN(C(=O)[C@H](CCCN[C@@H]2C[C@H]2c2ccc(F)cc2)NC(=O)c2ccc(F)cc2)CC1. The van der Waals surface area contributed by atoms with Crippen LogP contribution >= 0.6 is 0 Å². The molecule has 0 spiro atoms. The summed E-state index contributed by atoms with van der Waals surface area (Å²) in [4.78, 5) is 30.4. The van der Waals surface area contributed by atoms with Crippen LogP contribution in [0.15, 0.2) is 48.5 Å². The third-order valence-electron chi connectivity index (χ3n) is 7.23. The molecule has 2 aliphatic rings. The van der Waals surface area contributed by atoms with Gasteiger partial charge in [0, 0.05) is 49.7 Å². The molecule has 0 radical (unpaired) electrons. The lowest BCUT2D eigenvalue weighted by molar-refractivity contribution is -0.135. The van der Waals surface area contributed by atoms with Crippen LogP contribution in [0.2, 0.25) is 0 Å². The Hall–Kier alpha value is -2.84. The largest absolute Gasteiger partial charge is 0.340 e. The van der Waals surface area contributed by atoms with Crippen molar-refractivity contribution in [2.45, 2.75) is 57.2 Å². The second kappa shape index (κ2) is 11.9. The summed E-state index contributed by atoms with van der Waals surface area (Å²) < 4.78 is 26.4. The summed E-state index contributed by atoms with van der Waals surface area (Å²) in [6.45, 7) is 7.93. The van der Waals surface area contributed by atoms with E-state index in [4.69, 9.17) is 0 Å². The first-order valence-corrected chi connectivity index (χ1v) is 12.9. The maximum absolute atomic E-state index is 13.4. The minimum Gasteiger partial charge on any atom is -0.340 e. The van der Waals surface area contributed by atoms with E-state index in [0.29, 0.717) is 43.1 Å². The molecule has 2 aromatic rings. The molecule has 6 nitrogen and oxygen atoms in total. The zero-order valence-corrected chi connectivity index (χ0v) is 21.1. The Balaban J connectivity index is 1.31. The standard InChI is InChI=1S/C28H36F2N4O2/c1-19(2)33-14-16-34(17-15-33)28(36)25(32-27(35)21-7-11-23(30)12-8-21)4-3-13-31-26-18-24(26)20-5-9-22(29)10-6-20/h5-12,19,24-26,31H,3-4,13-18H2,1-2H3,(H,32,35)/t24-,25-,26+/m0/s1. The van der Waals surface area contributed by atoms with Crippen molar-refractivity contribution in [3.05, 3.63) is 71.3 Å². The molecule has 0 unspecified atom stereocenters. The van der Waals surface area contributed by atoms with Gasteiger partial charge in [-0.05, 0) is 81.6 Å². The summed E-state index contributed by atoms with van der Waals surface area (Å²) in [5, 5.41) is 6.42. The molecule has 2 N–H and O–H groups in total. The summed E-state index contributed by atoms with van der Waals surface area (Å²) in [5.74, 6) is -0.691. The van der Waals surface area contributed by atoms with Crippen LogP contribution in [0.3, 0.4) is 0 Å². The average Bonchev–Trinajstić information content (AvgIpc) is 3.65. The van der Waals surface area contributed by atoms with Crippen molar-refractivity contribution >= 4 is 11.8 Å². The second-order valence-corrected chi connectivity index (χ2v) is 10.1. The predicted molar refractivity (Wildman–Crippen MR) is 136 cm³/mol. The molecule has 0 bridgehead atoms. The first-order valence-electron chi connectivity index (χ1n) is 12.9. The first-order chi connectivity index (χ1) is 17.3. The zero-order valence-electron chi connectivity index (χ0n) is 21.1. The molecule has 194 valence electrons. The third kappa shape index (κ3) is 6.89. The second-order valence-electron chi connectivity index (χ2n) is 10.1. The molecule has 2 fully saturated rings. The molecule has 0 aromatic heterocycles. The minimum atomic E-state index is -0.637. The van der Waals surface area contributed by atoms with Gasteiger partial charge in [0.25, 0.3) is 5.91 Å². The van der Waals surface area contributed by atoms with Crippen molar-refractivity contribution in [1.82, 2.24) is 20.4 Å². The van der Waals surface area contributed by atoms with Crippen molar-refractivity contribution in [2.24, 2.45) is 0 Å². The topological polar surface area (TPSA) is 64.7 Å². The lowest BCUT2D eigenvalue weighted by Crippen LogP contribution is -2.56. The highest BCUT2D eigenvalue weighted by atomic mass is 19.1. The maximum Gasteiger partial charge on any atom is 0.251 e. The summed E-state index contributed by atoms with van der Waals surface area (Å²) in [7, 11) is 0. The lowest BCUT2D eigenvalue weighted by Gasteiger charge is -2.38. The molecule has 1 aliphatic heterocycles. The van der Waals surface area contributed by atoms with Gasteiger partial charge >= 0.3 is 0 Å². The molecule has 1 saturated carbocycles. The maximum atomic E-state index is 13.4. The molecular formula is C28H36F2N4O2. The molecule has 2 aromatic carbocycles. The Morgan fingerprint density at radius 3 is 2.17 bits per heavy atom. The van der Waals surface area contributed by atoms with Gasteiger partial charge < -0.3 is 15.5 Å². The number of halogens is 2. The van der Waals surface area contributed by atoms with E-state index < -0.39 is 11.9 Å². The van der Waals surface area contributed by atoms with Crippen molar-refractivity contribution in [1.29, 1.82) is 0 Å². The number of nitrogens with zero attached hydrogens (tertiary/aromatic N) is 2. The summed E-state index contributed by atoms with van der Waals surface area (Å²) in [5.41, 5.74) is 1.46. The minimum absolute atomic E-state index is 0.0653. The number of amides is 2. The van der Waals surface area contributed by atoms with Gasteiger partial charge in [0.1, 0.15) is 17.7 Å². The molecule has 36 heavy (non-hydrogen) atoms. The van der Waals surface area contributed by atoms with Crippen LogP contribution in [0.1, 0.15) is 54.9 Å². The van der Waals surface area contributed by atoms with E-state index in [0.717, 1.165) is 38.0 Å². The van der Waals surface area contributed by atoms with E-state index in [1.165, 1.54) is 36.4 Å². The van der Waals surface area contributed by atoms with Gasteiger partial charge in [0.15, 0.2) is 0 Å². The quantitative estimate of drug-likeness (QED) is 0.492. The summed E-state index contributed by atoms with van der Waals surface area (Å²) in [6, 6.07) is 12.1. The Labute approximate surface area is 212 Å². The van der Waals surface area contributed by atoms with Gasteiger partial charge in [-0.3, -0.25) is 14.5 Å². The number of piperazine rings is 1. The van der Waals surface area contributed by atoms with Crippen LogP contribution < -0.4 is 10.6 Å². The molecule has 1 saturated heterocycles. The third-order valence-corrected chi connectivity index (χ3v) is 7.23. The Morgan fingerprint density at radius 1 is 0.944 bits per heavy atom. The van der Waals surface area contributed by atoms with Gasteiger partial charge in [0.05, 0.1) is 0 Å². The number of hydrogen-bond donors (Lipinski definition) is 2. The van der Waals surface area contributed by atoms with Crippen LogP contribution in [0.5, 0.6) is 0 Å². The van der Waals surface area contributed by atoms with Gasteiger partial charge in [-0.2, -0.15) is 0 Å².